The van der Waals surface area contributed by atoms with E-state index in [4.69, 9.17) is 56.0 Å². The van der Waals surface area contributed by atoms with E-state index in [9.17, 15) is 28.8 Å². The summed E-state index contributed by atoms with van der Waals surface area (Å²) in [5.41, 5.74) is 32.6. The zero-order valence-corrected chi connectivity index (χ0v) is 43.5. The fourth-order valence-corrected chi connectivity index (χ4v) is 3.10. The molecule has 6 amide bonds. The second-order valence-electron chi connectivity index (χ2n) is 9.97. The first-order valence-corrected chi connectivity index (χ1v) is 18.4. The fourth-order valence-electron chi connectivity index (χ4n) is 3.10. The monoisotopic (exact) mass is 1210 g/mol. The number of nitrogens with two attached hydrogens (primary N) is 6. The Hall–Kier alpha value is -8.35. The van der Waals surface area contributed by atoms with Gasteiger partial charge in [0.2, 0.25) is 35.4 Å². The third-order valence-corrected chi connectivity index (χ3v) is 5.79. The van der Waals surface area contributed by atoms with Crippen molar-refractivity contribution in [2.75, 3.05) is 0 Å². The van der Waals surface area contributed by atoms with Gasteiger partial charge in [0.05, 0.1) is 0 Å². The number of aromatic nitrogens is 6. The topological polar surface area (TPSA) is 649 Å². The van der Waals surface area contributed by atoms with Crippen LogP contribution in [0.25, 0.3) is 21.6 Å². The number of hydrogen-bond donors (Lipinski definition) is 6. The van der Waals surface area contributed by atoms with Gasteiger partial charge in [0.15, 0.2) is 0 Å². The van der Waals surface area contributed by atoms with E-state index in [0.717, 1.165) is 0 Å². The van der Waals surface area contributed by atoms with Crippen molar-refractivity contribution in [1.82, 2.24) is 29.9 Å². The predicted octanol–water partition coefficient (Wildman–Crippen LogP) is -2.25. The predicted molar refractivity (Wildman–Crippen MR) is 288 cm³/mol. The van der Waals surface area contributed by atoms with E-state index in [2.05, 4.69) is 78.8 Å². The number of primary amides is 6. The summed E-state index contributed by atoms with van der Waals surface area (Å²) in [5.74, 6) is -2.51. The fraction of sp³-hybridized carbons (Fsp3) is 0. The van der Waals surface area contributed by atoms with Crippen molar-refractivity contribution in [1.29, 1.82) is 0 Å². The number of hydrogen-bond acceptors (Lipinski definition) is 16. The molecule has 0 saturated carbocycles. The molecule has 0 aliphatic carbocycles. The Kier molecular flexibility index (Phi) is 96.1. The van der Waals surface area contributed by atoms with Gasteiger partial charge in [0.25, 0.3) is 0 Å². The first-order chi connectivity index (χ1) is 31.5. The van der Waals surface area contributed by atoms with E-state index in [0.29, 0.717) is 33.4 Å². The molecular weight excluding hydrogens is 1160 g/mol. The second kappa shape index (κ2) is 72.2. The molecule has 2 radical (unpaired) electrons. The summed E-state index contributed by atoms with van der Waals surface area (Å²) in [6, 6.07) is 18.9. The van der Waals surface area contributed by atoms with E-state index in [1.54, 1.807) is 72.8 Å². The maximum Gasteiger partial charge on any atom is 2.00 e. The summed E-state index contributed by atoms with van der Waals surface area (Å²) in [4.78, 5) is 84.7. The van der Waals surface area contributed by atoms with Gasteiger partial charge in [-0.25, -0.2) is 0 Å². The molecule has 0 spiro atoms. The number of carbonyl (C=O) groups is 6. The Morgan fingerprint density at radius 1 is 0.293 bits per heavy atom. The molecule has 0 bridgehead atoms. The van der Waals surface area contributed by atoms with Gasteiger partial charge in [0.1, 0.15) is 0 Å². The minimum atomic E-state index is -0.419. The molecule has 6 rings (SSSR count). The van der Waals surface area contributed by atoms with Crippen LogP contribution >= 0.6 is 48.9 Å². The zero-order chi connectivity index (χ0) is 51.0. The van der Waals surface area contributed by atoms with Gasteiger partial charge in [-0.3, -0.25) is 58.7 Å². The summed E-state index contributed by atoms with van der Waals surface area (Å²) in [5, 5.41) is 33.9. The van der Waals surface area contributed by atoms with Gasteiger partial charge >= 0.3 is 33.6 Å². The van der Waals surface area contributed by atoms with Crippen molar-refractivity contribution in [3.8, 4) is 0 Å². The summed E-state index contributed by atoms with van der Waals surface area (Å²) in [6.45, 7) is 0. The van der Waals surface area contributed by atoms with Crippen molar-refractivity contribution >= 4 is 105 Å². The number of nitrogens with zero attached hydrogens (tertiary/aromatic N) is 10. The minimum Gasteiger partial charge on any atom is -0.753 e. The first-order valence-electron chi connectivity index (χ1n) is 16.7. The van der Waals surface area contributed by atoms with Crippen molar-refractivity contribution in [3.63, 3.8) is 0 Å². The molecule has 0 aliphatic rings. The maximum absolute atomic E-state index is 10.4. The van der Waals surface area contributed by atoms with Crippen LogP contribution in [0.3, 0.4) is 0 Å². The summed E-state index contributed by atoms with van der Waals surface area (Å²) < 4.78 is 0. The Morgan fingerprint density at radius 2 is 0.360 bits per heavy atom. The van der Waals surface area contributed by atoms with Crippen molar-refractivity contribution < 1.29 is 101 Å². The van der Waals surface area contributed by atoms with Crippen LogP contribution in [0.2, 0.25) is 0 Å². The molecule has 6 heterocycles. The molecule has 0 fully saturated rings. The average molecular weight is 1210 g/mol. The molecule has 0 aliphatic heterocycles. The van der Waals surface area contributed by atoms with Crippen LogP contribution in [0.1, 0.15) is 62.1 Å². The molecule has 29 nitrogen and oxygen atoms in total. The maximum atomic E-state index is 10.4. The molecule has 6 aromatic heterocycles. The van der Waals surface area contributed by atoms with E-state index < -0.39 is 35.4 Å². The second-order valence-corrected chi connectivity index (χ2v) is 10.7. The van der Waals surface area contributed by atoms with Gasteiger partial charge in [-0.15, -0.1) is 0 Å². The average Bonchev–Trinajstić information content (AvgIpc) is 3.33. The molecule has 28 N–H and O–H groups in total. The van der Waals surface area contributed by atoms with Crippen molar-refractivity contribution in [2.45, 2.75) is 0 Å². The standard InChI is InChI=1S/6C6H6N2O.4CNS.2Co.7H2O/c6*7-6(9)5-1-3-8-4-2-5;4*2-1-3;;;;;;;;;/h6*1-4H,(H2,7,9);;;;;;;7*1H2/q;;;;;;4*-1;2*+2;;;;;;;/p+2. The summed E-state index contributed by atoms with van der Waals surface area (Å²) in [6.07, 6.45) is 18.3. The number of isothiocyanates is 4. The molecular formula is C40H52Co2N16O13S4+2. The number of thiocarbonyl (C=S) groups is 4. The third-order valence-electron chi connectivity index (χ3n) is 5.79. The Balaban J connectivity index is -0.0000000524. The Morgan fingerprint density at radius 3 is 0.400 bits per heavy atom. The van der Waals surface area contributed by atoms with Crippen LogP contribution in [-0.2, 0) is 44.5 Å². The smallest absolute Gasteiger partial charge is 0.753 e. The SMILES string of the molecule is NC(=O)c1ccncc1.NC(=O)c1ccncc1.NC(=O)c1ccncc1.NC(=O)c1ccncc1.NC(=O)c1ccncc1.NC(=O)c1ccncc1.O.O.O.O.O.[Co+2].[Co+2].[N-]=C=S.[N-]=C=S.[N-]=C=S.[N-]=C=S.[OH3+].[OH3+]. The van der Waals surface area contributed by atoms with Crippen LogP contribution in [0.5, 0.6) is 0 Å². The number of rotatable bonds is 6. The molecule has 6 aromatic rings. The van der Waals surface area contributed by atoms with Gasteiger partial charge in [0, 0.05) is 108 Å². The molecule has 410 valence electrons. The van der Waals surface area contributed by atoms with Crippen LogP contribution in [0, 0.1) is 0 Å². The summed E-state index contributed by atoms with van der Waals surface area (Å²) in [7, 11) is 0. The number of amides is 6. The molecule has 75 heavy (non-hydrogen) atoms. The molecule has 0 atom stereocenters. The molecule has 35 heteroatoms. The van der Waals surface area contributed by atoms with Crippen LogP contribution in [0.4, 0.5) is 0 Å². The number of pyridine rings is 6. The van der Waals surface area contributed by atoms with Crippen LogP contribution in [0.15, 0.2) is 147 Å². The Bertz CT molecular complexity index is 2030. The minimum absolute atomic E-state index is 0. The molecule has 0 aromatic carbocycles. The van der Waals surface area contributed by atoms with Gasteiger partial charge in [-0.1, -0.05) is 48.9 Å². The Labute approximate surface area is 469 Å². The van der Waals surface area contributed by atoms with Gasteiger partial charge in [-0.2, -0.15) is 20.6 Å². The van der Waals surface area contributed by atoms with Gasteiger partial charge < -0.3 is 94.4 Å². The van der Waals surface area contributed by atoms with E-state index in [1.165, 1.54) is 95.0 Å². The summed E-state index contributed by atoms with van der Waals surface area (Å²) >= 11 is 14.8. The zero-order valence-electron chi connectivity index (χ0n) is 38.2. The quantitative estimate of drug-likeness (QED) is 0.0583. The van der Waals surface area contributed by atoms with Crippen molar-refractivity contribution in [3.05, 3.63) is 202 Å². The first kappa shape index (κ1) is 99.8. The van der Waals surface area contributed by atoms with Gasteiger partial charge in [-0.05, 0) is 72.8 Å². The normalized spacial score (nSPS) is 6.83. The van der Waals surface area contributed by atoms with Crippen LogP contribution < -0.4 is 34.4 Å². The van der Waals surface area contributed by atoms with Crippen molar-refractivity contribution in [2.24, 2.45) is 34.4 Å². The van der Waals surface area contributed by atoms with E-state index in [1.807, 2.05) is 0 Å². The molecule has 0 saturated heterocycles. The molecule has 0 unspecified atom stereocenters. The number of carbonyl (C=O) groups excluding carboxylic acids is 6. The van der Waals surface area contributed by atoms with Crippen LogP contribution in [-0.4, -0.2) is 113 Å². The largest absolute Gasteiger partial charge is 2.00 e. The van der Waals surface area contributed by atoms with E-state index in [-0.39, 0.29) is 71.9 Å². The third kappa shape index (κ3) is 65.7. The van der Waals surface area contributed by atoms with E-state index >= 15 is 0 Å².